The molecule has 1 atom stereocenters. The van der Waals surface area contributed by atoms with Gasteiger partial charge in [-0.3, -0.25) is 14.6 Å². The van der Waals surface area contributed by atoms with Gasteiger partial charge in [0.05, 0.1) is 5.69 Å². The Bertz CT molecular complexity index is 913. The number of carbonyl (C=O) groups is 2. The molecule has 0 saturated carbocycles. The predicted octanol–water partition coefficient (Wildman–Crippen LogP) is 2.46. The third-order valence-electron chi connectivity index (χ3n) is 4.69. The third kappa shape index (κ3) is 2.88. The maximum Gasteiger partial charge on any atom is 0.274 e. The molecule has 0 aliphatic carbocycles. The van der Waals surface area contributed by atoms with E-state index in [4.69, 9.17) is 5.73 Å². The average molecular weight is 413 g/mol. The average Bonchev–Trinajstić information content (AvgIpc) is 3.26. The molecule has 132 valence electrons. The molecule has 0 fully saturated rings. The molecule has 2 aliphatic rings. The van der Waals surface area contributed by atoms with Crippen LogP contribution in [-0.4, -0.2) is 30.1 Å². The van der Waals surface area contributed by atoms with Gasteiger partial charge in [-0.15, -0.1) is 0 Å². The van der Waals surface area contributed by atoms with E-state index in [-0.39, 0.29) is 12.3 Å². The molecule has 7 heteroatoms. The van der Waals surface area contributed by atoms with Crippen LogP contribution >= 0.6 is 15.9 Å². The van der Waals surface area contributed by atoms with E-state index in [0.29, 0.717) is 12.3 Å². The Kier molecular flexibility index (Phi) is 4.24. The van der Waals surface area contributed by atoms with E-state index < -0.39 is 11.9 Å². The summed E-state index contributed by atoms with van der Waals surface area (Å²) in [4.78, 5) is 26.7. The molecule has 0 aromatic heterocycles. The van der Waals surface area contributed by atoms with Gasteiger partial charge in [0.2, 0.25) is 5.91 Å². The number of halogens is 1. The number of para-hydroxylation sites is 1. The summed E-state index contributed by atoms with van der Waals surface area (Å²) in [5, 5.41) is 5.99. The number of fused-ring (bicyclic) bond motifs is 1. The van der Waals surface area contributed by atoms with E-state index >= 15 is 0 Å². The van der Waals surface area contributed by atoms with Crippen LogP contribution in [0.5, 0.6) is 0 Å². The summed E-state index contributed by atoms with van der Waals surface area (Å²) in [6.07, 6.45) is 1.01. The zero-order valence-electron chi connectivity index (χ0n) is 13.9. The molecule has 0 bridgehead atoms. The second-order valence-electron chi connectivity index (χ2n) is 6.33. The van der Waals surface area contributed by atoms with Crippen LogP contribution in [0.3, 0.4) is 0 Å². The summed E-state index contributed by atoms with van der Waals surface area (Å²) >= 11 is 3.46. The zero-order chi connectivity index (χ0) is 18.3. The highest BCUT2D eigenvalue weighted by molar-refractivity contribution is 9.10. The normalized spacial score (nSPS) is 18.7. The van der Waals surface area contributed by atoms with Crippen LogP contribution in [-0.2, 0) is 16.0 Å². The fraction of sp³-hybridized carbons (Fsp3) is 0.211. The first kappa shape index (κ1) is 16.8. The van der Waals surface area contributed by atoms with Crippen LogP contribution in [0.25, 0.3) is 0 Å². The summed E-state index contributed by atoms with van der Waals surface area (Å²) in [6.45, 7) is 0.607. The summed E-state index contributed by atoms with van der Waals surface area (Å²) in [5.41, 5.74) is 8.67. The predicted molar refractivity (Wildman–Crippen MR) is 104 cm³/mol. The first-order valence-corrected chi connectivity index (χ1v) is 9.15. The van der Waals surface area contributed by atoms with Gasteiger partial charge < -0.3 is 10.6 Å². The Morgan fingerprint density at radius 1 is 1.15 bits per heavy atom. The Labute approximate surface area is 159 Å². The SMILES string of the molecule is NC(=O)C1CC(C(=O)N2CCc3cc(Br)ccc32)=NN1c1ccccc1. The van der Waals surface area contributed by atoms with Crippen LogP contribution in [0.15, 0.2) is 58.1 Å². The summed E-state index contributed by atoms with van der Waals surface area (Å²) in [6, 6.07) is 14.5. The van der Waals surface area contributed by atoms with E-state index in [2.05, 4.69) is 21.0 Å². The number of nitrogens with two attached hydrogens (primary N) is 1. The van der Waals surface area contributed by atoms with Crippen molar-refractivity contribution in [3.63, 3.8) is 0 Å². The second kappa shape index (κ2) is 6.57. The number of rotatable bonds is 3. The van der Waals surface area contributed by atoms with Crippen molar-refractivity contribution in [2.45, 2.75) is 18.9 Å². The minimum absolute atomic E-state index is 0.171. The number of benzene rings is 2. The molecule has 6 nitrogen and oxygen atoms in total. The topological polar surface area (TPSA) is 79.0 Å². The van der Waals surface area contributed by atoms with Crippen LogP contribution in [0.4, 0.5) is 11.4 Å². The number of anilines is 2. The smallest absolute Gasteiger partial charge is 0.274 e. The number of carbonyl (C=O) groups excluding carboxylic acids is 2. The largest absolute Gasteiger partial charge is 0.368 e. The van der Waals surface area contributed by atoms with Crippen molar-refractivity contribution in [2.75, 3.05) is 16.5 Å². The van der Waals surface area contributed by atoms with Crippen molar-refractivity contribution >= 4 is 44.8 Å². The van der Waals surface area contributed by atoms with Crippen LogP contribution in [0, 0.1) is 0 Å². The number of amides is 2. The van der Waals surface area contributed by atoms with Gasteiger partial charge in [-0.1, -0.05) is 34.1 Å². The highest BCUT2D eigenvalue weighted by Crippen LogP contribution is 2.32. The Morgan fingerprint density at radius 3 is 2.65 bits per heavy atom. The molecule has 2 N–H and O–H groups in total. The molecule has 4 rings (SSSR count). The Morgan fingerprint density at radius 2 is 1.92 bits per heavy atom. The second-order valence-corrected chi connectivity index (χ2v) is 7.24. The van der Waals surface area contributed by atoms with Gasteiger partial charge in [0.1, 0.15) is 11.8 Å². The first-order valence-electron chi connectivity index (χ1n) is 8.36. The Hall–Kier alpha value is -2.67. The van der Waals surface area contributed by atoms with E-state index in [9.17, 15) is 9.59 Å². The third-order valence-corrected chi connectivity index (χ3v) is 5.18. The molecule has 2 aromatic carbocycles. The number of hydrogen-bond donors (Lipinski definition) is 1. The molecule has 26 heavy (non-hydrogen) atoms. The van der Waals surface area contributed by atoms with Crippen molar-refractivity contribution in [3.8, 4) is 0 Å². The molecule has 0 saturated heterocycles. The molecular formula is C19H17BrN4O2. The highest BCUT2D eigenvalue weighted by Gasteiger charge is 2.38. The number of nitrogens with zero attached hydrogens (tertiary/aromatic N) is 3. The van der Waals surface area contributed by atoms with Crippen molar-refractivity contribution in [3.05, 3.63) is 58.6 Å². The van der Waals surface area contributed by atoms with E-state index in [1.165, 1.54) is 0 Å². The van der Waals surface area contributed by atoms with Gasteiger partial charge in [0.15, 0.2) is 0 Å². The molecule has 0 spiro atoms. The van der Waals surface area contributed by atoms with Gasteiger partial charge in [0.25, 0.3) is 5.91 Å². The summed E-state index contributed by atoms with van der Waals surface area (Å²) < 4.78 is 0.993. The lowest BCUT2D eigenvalue weighted by Crippen LogP contribution is -2.40. The molecule has 2 heterocycles. The molecular weight excluding hydrogens is 396 g/mol. The van der Waals surface area contributed by atoms with E-state index in [0.717, 1.165) is 27.8 Å². The first-order chi connectivity index (χ1) is 12.5. The molecule has 0 radical (unpaired) electrons. The maximum atomic E-state index is 13.0. The van der Waals surface area contributed by atoms with E-state index in [1.807, 2.05) is 48.5 Å². The van der Waals surface area contributed by atoms with E-state index in [1.54, 1.807) is 9.91 Å². The fourth-order valence-electron chi connectivity index (χ4n) is 3.42. The number of primary amides is 1. The molecule has 2 aromatic rings. The molecule has 2 amide bonds. The standard InChI is InChI=1S/C19H17BrN4O2/c20-13-6-7-16-12(10-13)8-9-23(16)19(26)15-11-17(18(21)25)24(22-15)14-4-2-1-3-5-14/h1-7,10,17H,8-9,11H2,(H2,21,25). The lowest BCUT2D eigenvalue weighted by molar-refractivity contribution is -0.119. The van der Waals surface area contributed by atoms with Crippen LogP contribution in [0.1, 0.15) is 12.0 Å². The van der Waals surface area contributed by atoms with Gasteiger partial charge >= 0.3 is 0 Å². The van der Waals surface area contributed by atoms with Crippen molar-refractivity contribution in [2.24, 2.45) is 10.8 Å². The van der Waals surface area contributed by atoms with Crippen LogP contribution < -0.4 is 15.6 Å². The minimum Gasteiger partial charge on any atom is -0.368 e. The minimum atomic E-state index is -0.650. The molecule has 1 unspecified atom stereocenters. The number of hydrogen-bond acceptors (Lipinski definition) is 4. The quantitative estimate of drug-likeness (QED) is 0.840. The monoisotopic (exact) mass is 412 g/mol. The lowest BCUT2D eigenvalue weighted by Gasteiger charge is -2.20. The van der Waals surface area contributed by atoms with Gasteiger partial charge in [-0.25, -0.2) is 0 Å². The maximum absolute atomic E-state index is 13.0. The van der Waals surface area contributed by atoms with Gasteiger partial charge in [-0.2, -0.15) is 5.10 Å². The summed E-state index contributed by atoms with van der Waals surface area (Å²) in [7, 11) is 0. The Balaban J connectivity index is 1.64. The van der Waals surface area contributed by atoms with Crippen molar-refractivity contribution < 1.29 is 9.59 Å². The van der Waals surface area contributed by atoms with Crippen molar-refractivity contribution in [1.29, 1.82) is 0 Å². The highest BCUT2D eigenvalue weighted by atomic mass is 79.9. The van der Waals surface area contributed by atoms with Gasteiger partial charge in [0, 0.05) is 23.1 Å². The lowest BCUT2D eigenvalue weighted by atomic mass is 10.1. The fourth-order valence-corrected chi connectivity index (χ4v) is 3.83. The van der Waals surface area contributed by atoms with Crippen molar-refractivity contribution in [1.82, 2.24) is 0 Å². The van der Waals surface area contributed by atoms with Gasteiger partial charge in [-0.05, 0) is 42.3 Å². The van der Waals surface area contributed by atoms with Crippen LogP contribution in [0.2, 0.25) is 0 Å². The summed E-state index contributed by atoms with van der Waals surface area (Å²) in [5.74, 6) is -0.665. The zero-order valence-corrected chi connectivity index (χ0v) is 15.5. The number of hydrazone groups is 1. The molecule has 2 aliphatic heterocycles.